The number of hydrogen-bond donors (Lipinski definition) is 2. The number of anilines is 1. The fourth-order valence-electron chi connectivity index (χ4n) is 1.58. The molecule has 0 saturated carbocycles. The number of nitrogens with two attached hydrogens (primary N) is 1. The second kappa shape index (κ2) is 5.64. The third kappa shape index (κ3) is 3.17. The van der Waals surface area contributed by atoms with Crippen LogP contribution in [0.2, 0.25) is 0 Å². The van der Waals surface area contributed by atoms with Crippen LogP contribution in [0.1, 0.15) is 10.4 Å². The van der Waals surface area contributed by atoms with Crippen LogP contribution < -0.4 is 10.5 Å². The molecule has 2 aromatic carbocycles. The van der Waals surface area contributed by atoms with Crippen molar-refractivity contribution in [2.45, 2.75) is 4.90 Å². The molecule has 0 saturated heterocycles. The molecule has 3 N–H and O–H groups in total. The monoisotopic (exact) mass is 354 g/mol. The number of halogens is 1. The standard InChI is InChI=1S/C13H11BrN2O3S/c14-11-3-1-2-4-12(11)20(18,19)16-10-7-5-9(6-8-10)13(15)17/h1-8,16H,(H2,15,17). The van der Waals surface area contributed by atoms with Gasteiger partial charge in [-0.1, -0.05) is 12.1 Å². The van der Waals surface area contributed by atoms with Gasteiger partial charge in [0.15, 0.2) is 0 Å². The normalized spacial score (nSPS) is 11.1. The third-order valence-electron chi connectivity index (χ3n) is 2.55. The summed E-state index contributed by atoms with van der Waals surface area (Å²) in [6, 6.07) is 12.4. The molecule has 1 amide bonds. The Morgan fingerprint density at radius 2 is 1.65 bits per heavy atom. The van der Waals surface area contributed by atoms with Gasteiger partial charge in [-0.05, 0) is 52.3 Å². The second-order valence-electron chi connectivity index (χ2n) is 3.98. The summed E-state index contributed by atoms with van der Waals surface area (Å²) >= 11 is 3.20. The minimum atomic E-state index is -3.69. The van der Waals surface area contributed by atoms with E-state index in [4.69, 9.17) is 5.73 Å². The maximum absolute atomic E-state index is 12.2. The lowest BCUT2D eigenvalue weighted by atomic mass is 10.2. The van der Waals surface area contributed by atoms with Gasteiger partial charge < -0.3 is 5.73 Å². The molecule has 20 heavy (non-hydrogen) atoms. The highest BCUT2D eigenvalue weighted by Gasteiger charge is 2.17. The summed E-state index contributed by atoms with van der Waals surface area (Å²) in [6.07, 6.45) is 0. The predicted molar refractivity (Wildman–Crippen MR) is 79.9 cm³/mol. The number of carbonyl (C=O) groups excluding carboxylic acids is 1. The molecular formula is C13H11BrN2O3S. The fraction of sp³-hybridized carbons (Fsp3) is 0. The highest BCUT2D eigenvalue weighted by Crippen LogP contribution is 2.23. The van der Waals surface area contributed by atoms with E-state index in [-0.39, 0.29) is 4.90 Å². The molecule has 2 rings (SSSR count). The summed E-state index contributed by atoms with van der Waals surface area (Å²) in [6.45, 7) is 0. The lowest BCUT2D eigenvalue weighted by Gasteiger charge is -2.09. The van der Waals surface area contributed by atoms with E-state index < -0.39 is 15.9 Å². The number of carbonyl (C=O) groups is 1. The van der Waals surface area contributed by atoms with E-state index >= 15 is 0 Å². The van der Waals surface area contributed by atoms with Crippen molar-refractivity contribution in [3.8, 4) is 0 Å². The number of amides is 1. The van der Waals surface area contributed by atoms with Gasteiger partial charge in [0.05, 0.1) is 0 Å². The molecule has 0 aliphatic carbocycles. The molecule has 0 heterocycles. The first-order valence-electron chi connectivity index (χ1n) is 5.57. The Morgan fingerprint density at radius 1 is 1.05 bits per heavy atom. The van der Waals surface area contributed by atoms with Crippen LogP contribution in [0.15, 0.2) is 57.9 Å². The molecule has 0 atom stereocenters. The highest BCUT2D eigenvalue weighted by molar-refractivity contribution is 9.10. The Hall–Kier alpha value is -1.86. The van der Waals surface area contributed by atoms with Gasteiger partial charge in [-0.25, -0.2) is 8.42 Å². The maximum atomic E-state index is 12.2. The van der Waals surface area contributed by atoms with Crippen molar-refractivity contribution in [2.75, 3.05) is 4.72 Å². The van der Waals surface area contributed by atoms with E-state index in [2.05, 4.69) is 20.7 Å². The molecule has 0 aromatic heterocycles. The Balaban J connectivity index is 2.29. The van der Waals surface area contributed by atoms with Gasteiger partial charge in [0.1, 0.15) is 4.90 Å². The summed E-state index contributed by atoms with van der Waals surface area (Å²) in [5.41, 5.74) is 5.78. The highest BCUT2D eigenvalue weighted by atomic mass is 79.9. The second-order valence-corrected chi connectivity index (χ2v) is 6.48. The van der Waals surface area contributed by atoms with E-state index in [9.17, 15) is 13.2 Å². The first kappa shape index (κ1) is 14.5. The minimum absolute atomic E-state index is 0.138. The smallest absolute Gasteiger partial charge is 0.263 e. The fourth-order valence-corrected chi connectivity index (χ4v) is 3.64. The zero-order valence-corrected chi connectivity index (χ0v) is 12.6. The molecule has 0 spiro atoms. The van der Waals surface area contributed by atoms with Gasteiger partial charge in [-0.15, -0.1) is 0 Å². The number of rotatable bonds is 4. The lowest BCUT2D eigenvalue weighted by molar-refractivity contribution is 0.100. The average Bonchev–Trinajstić information content (AvgIpc) is 2.39. The van der Waals surface area contributed by atoms with Gasteiger partial charge in [-0.3, -0.25) is 9.52 Å². The molecule has 0 fully saturated rings. The maximum Gasteiger partial charge on any atom is 0.263 e. The molecule has 0 radical (unpaired) electrons. The lowest BCUT2D eigenvalue weighted by Crippen LogP contribution is -2.14. The minimum Gasteiger partial charge on any atom is -0.366 e. The topological polar surface area (TPSA) is 89.3 Å². The van der Waals surface area contributed by atoms with Crippen LogP contribution in [0.4, 0.5) is 5.69 Å². The Labute approximate surface area is 125 Å². The van der Waals surface area contributed by atoms with Crippen LogP contribution >= 0.6 is 15.9 Å². The van der Waals surface area contributed by atoms with E-state index in [1.54, 1.807) is 18.2 Å². The third-order valence-corrected chi connectivity index (χ3v) is 4.94. The van der Waals surface area contributed by atoms with E-state index in [0.29, 0.717) is 15.7 Å². The van der Waals surface area contributed by atoms with E-state index in [1.807, 2.05) is 0 Å². The van der Waals surface area contributed by atoms with Gasteiger partial charge in [0.2, 0.25) is 5.91 Å². The molecule has 2 aromatic rings. The van der Waals surface area contributed by atoms with Crippen molar-refractivity contribution in [3.05, 3.63) is 58.6 Å². The summed E-state index contributed by atoms with van der Waals surface area (Å²) in [7, 11) is -3.69. The van der Waals surface area contributed by atoms with E-state index in [0.717, 1.165) is 0 Å². The van der Waals surface area contributed by atoms with Crippen molar-refractivity contribution < 1.29 is 13.2 Å². The predicted octanol–water partition coefficient (Wildman–Crippen LogP) is 2.35. The first-order valence-corrected chi connectivity index (χ1v) is 7.85. The molecule has 0 aliphatic heterocycles. The van der Waals surface area contributed by atoms with Crippen molar-refractivity contribution in [3.63, 3.8) is 0 Å². The van der Waals surface area contributed by atoms with Gasteiger partial charge in [0, 0.05) is 15.7 Å². The summed E-state index contributed by atoms with van der Waals surface area (Å²) in [5, 5.41) is 0. The average molecular weight is 355 g/mol. The van der Waals surface area contributed by atoms with Crippen LogP contribution in [0.25, 0.3) is 0 Å². The van der Waals surface area contributed by atoms with Crippen LogP contribution in [0, 0.1) is 0 Å². The number of sulfonamides is 1. The van der Waals surface area contributed by atoms with Crippen LogP contribution in [0.5, 0.6) is 0 Å². The van der Waals surface area contributed by atoms with E-state index in [1.165, 1.54) is 30.3 Å². The van der Waals surface area contributed by atoms with Crippen molar-refractivity contribution >= 4 is 37.5 Å². The zero-order valence-electron chi connectivity index (χ0n) is 10.2. The molecule has 0 unspecified atom stereocenters. The molecular weight excluding hydrogens is 344 g/mol. The molecule has 104 valence electrons. The van der Waals surface area contributed by atoms with Crippen molar-refractivity contribution in [1.82, 2.24) is 0 Å². The van der Waals surface area contributed by atoms with Gasteiger partial charge in [0.25, 0.3) is 10.0 Å². The first-order chi connectivity index (χ1) is 9.40. The number of hydrogen-bond acceptors (Lipinski definition) is 3. The van der Waals surface area contributed by atoms with Crippen LogP contribution in [-0.2, 0) is 10.0 Å². The zero-order chi connectivity index (χ0) is 14.8. The number of benzene rings is 2. The summed E-state index contributed by atoms with van der Waals surface area (Å²) < 4.78 is 27.3. The summed E-state index contributed by atoms with van der Waals surface area (Å²) in [5.74, 6) is -0.565. The molecule has 0 aliphatic rings. The van der Waals surface area contributed by atoms with Gasteiger partial charge in [-0.2, -0.15) is 0 Å². The molecule has 7 heteroatoms. The SMILES string of the molecule is NC(=O)c1ccc(NS(=O)(=O)c2ccccc2Br)cc1. The molecule has 0 bridgehead atoms. The Morgan fingerprint density at radius 3 is 2.20 bits per heavy atom. The Kier molecular flexibility index (Phi) is 4.10. The van der Waals surface area contributed by atoms with Crippen molar-refractivity contribution in [2.24, 2.45) is 5.73 Å². The quantitative estimate of drug-likeness (QED) is 0.882. The van der Waals surface area contributed by atoms with Crippen molar-refractivity contribution in [1.29, 1.82) is 0 Å². The van der Waals surface area contributed by atoms with Crippen LogP contribution in [0.3, 0.4) is 0 Å². The van der Waals surface area contributed by atoms with Crippen LogP contribution in [-0.4, -0.2) is 14.3 Å². The largest absolute Gasteiger partial charge is 0.366 e. The molecule has 5 nitrogen and oxygen atoms in total. The number of nitrogens with one attached hydrogen (secondary N) is 1. The van der Waals surface area contributed by atoms with Gasteiger partial charge >= 0.3 is 0 Å². The summed E-state index contributed by atoms with van der Waals surface area (Å²) in [4.78, 5) is 11.1. The number of primary amides is 1. The Bertz CT molecular complexity index is 742.